The molecule has 0 aromatic carbocycles. The van der Waals surface area contributed by atoms with Crippen LogP contribution in [-0.4, -0.2) is 53.3 Å². The van der Waals surface area contributed by atoms with E-state index in [-0.39, 0.29) is 23.5 Å². The lowest BCUT2D eigenvalue weighted by molar-refractivity contribution is -0.133. The summed E-state index contributed by atoms with van der Waals surface area (Å²) in [5.41, 5.74) is 0.309. The van der Waals surface area contributed by atoms with Crippen molar-refractivity contribution >= 4 is 39.3 Å². The van der Waals surface area contributed by atoms with Gasteiger partial charge in [0.15, 0.2) is 0 Å². The summed E-state index contributed by atoms with van der Waals surface area (Å²) in [4.78, 5) is 30.8. The number of carbonyl (C=O) groups is 2. The average molecular weight is 333 g/mol. The fourth-order valence-corrected chi connectivity index (χ4v) is 2.19. The first-order valence-corrected chi connectivity index (χ1v) is 6.50. The number of nitrogens with zero attached hydrogens (tertiary/aromatic N) is 3. The molecule has 0 saturated carbocycles. The summed E-state index contributed by atoms with van der Waals surface area (Å²) in [6, 6.07) is 1.61. The van der Waals surface area contributed by atoms with Crippen LogP contribution in [0.5, 0.6) is 0 Å². The SMILES string of the molecule is CN1CCN(C(=O)c2cc(Br)cnc2Cl)CC1=O. The highest BCUT2D eigenvalue weighted by Crippen LogP contribution is 2.20. The van der Waals surface area contributed by atoms with Gasteiger partial charge in [0.05, 0.1) is 5.56 Å². The van der Waals surface area contributed by atoms with Crippen molar-refractivity contribution in [1.29, 1.82) is 0 Å². The largest absolute Gasteiger partial charge is 0.342 e. The number of pyridine rings is 1. The van der Waals surface area contributed by atoms with Gasteiger partial charge in [-0.1, -0.05) is 11.6 Å². The fraction of sp³-hybridized carbons (Fsp3) is 0.364. The highest BCUT2D eigenvalue weighted by atomic mass is 79.9. The first kappa shape index (κ1) is 13.3. The summed E-state index contributed by atoms with van der Waals surface area (Å²) in [6.45, 7) is 1.12. The Hall–Kier alpha value is -1.14. The standard InChI is InChI=1S/C11H11BrClN3O2/c1-15-2-3-16(6-9(15)17)11(18)8-4-7(12)5-14-10(8)13/h4-5H,2-3,6H2,1H3. The Balaban J connectivity index is 2.21. The van der Waals surface area contributed by atoms with Crippen LogP contribution in [-0.2, 0) is 4.79 Å². The summed E-state index contributed by atoms with van der Waals surface area (Å²) in [5.74, 6) is -0.344. The number of likely N-dealkylation sites (N-methyl/N-ethyl adjacent to an activating group) is 1. The lowest BCUT2D eigenvalue weighted by atomic mass is 10.2. The van der Waals surface area contributed by atoms with E-state index in [1.165, 1.54) is 11.1 Å². The molecule has 1 fully saturated rings. The molecule has 0 N–H and O–H groups in total. The molecule has 0 unspecified atom stereocenters. The molecule has 18 heavy (non-hydrogen) atoms. The lowest BCUT2D eigenvalue weighted by Crippen LogP contribution is -2.50. The quantitative estimate of drug-likeness (QED) is 0.731. The number of rotatable bonds is 1. The van der Waals surface area contributed by atoms with E-state index < -0.39 is 0 Å². The van der Waals surface area contributed by atoms with E-state index in [2.05, 4.69) is 20.9 Å². The number of hydrogen-bond acceptors (Lipinski definition) is 3. The van der Waals surface area contributed by atoms with Gasteiger partial charge < -0.3 is 9.80 Å². The summed E-state index contributed by atoms with van der Waals surface area (Å²) in [7, 11) is 1.72. The van der Waals surface area contributed by atoms with Crippen LogP contribution in [0.15, 0.2) is 16.7 Å². The predicted molar refractivity (Wildman–Crippen MR) is 70.5 cm³/mol. The van der Waals surface area contributed by atoms with Gasteiger partial charge in [-0.25, -0.2) is 4.98 Å². The summed E-state index contributed by atoms with van der Waals surface area (Å²) >= 11 is 9.14. The van der Waals surface area contributed by atoms with Gasteiger partial charge >= 0.3 is 0 Å². The van der Waals surface area contributed by atoms with E-state index in [0.717, 1.165) is 0 Å². The number of amides is 2. The maximum Gasteiger partial charge on any atom is 0.257 e. The lowest BCUT2D eigenvalue weighted by Gasteiger charge is -2.32. The van der Waals surface area contributed by atoms with Gasteiger partial charge in [0.2, 0.25) is 5.91 Å². The van der Waals surface area contributed by atoms with Crippen molar-refractivity contribution in [1.82, 2.24) is 14.8 Å². The van der Waals surface area contributed by atoms with Crippen LogP contribution in [0.2, 0.25) is 5.15 Å². The smallest absolute Gasteiger partial charge is 0.257 e. The van der Waals surface area contributed by atoms with E-state index in [1.54, 1.807) is 18.0 Å². The van der Waals surface area contributed by atoms with Crippen molar-refractivity contribution in [2.75, 3.05) is 26.7 Å². The fourth-order valence-electron chi connectivity index (χ4n) is 1.67. The topological polar surface area (TPSA) is 53.5 Å². The highest BCUT2D eigenvalue weighted by molar-refractivity contribution is 9.10. The Labute approximate surface area is 118 Å². The molecular weight excluding hydrogens is 321 g/mol. The number of aromatic nitrogens is 1. The van der Waals surface area contributed by atoms with Crippen LogP contribution in [0.1, 0.15) is 10.4 Å². The van der Waals surface area contributed by atoms with E-state index in [4.69, 9.17) is 11.6 Å². The Bertz CT molecular complexity index is 509. The second-order valence-corrected chi connectivity index (χ2v) is 5.31. The molecule has 0 spiro atoms. The van der Waals surface area contributed by atoms with Crippen molar-refractivity contribution in [2.45, 2.75) is 0 Å². The van der Waals surface area contributed by atoms with E-state index in [1.807, 2.05) is 0 Å². The van der Waals surface area contributed by atoms with Crippen molar-refractivity contribution in [3.05, 3.63) is 27.5 Å². The van der Waals surface area contributed by atoms with Crippen molar-refractivity contribution in [2.24, 2.45) is 0 Å². The van der Waals surface area contributed by atoms with E-state index >= 15 is 0 Å². The maximum atomic E-state index is 12.2. The summed E-state index contributed by atoms with van der Waals surface area (Å²) in [5, 5.41) is 0.148. The normalized spacial score (nSPS) is 16.1. The Kier molecular flexibility index (Phi) is 3.87. The molecule has 0 atom stereocenters. The third-order valence-corrected chi connectivity index (χ3v) is 3.52. The van der Waals surface area contributed by atoms with Gasteiger partial charge in [0, 0.05) is 30.8 Å². The van der Waals surface area contributed by atoms with Crippen LogP contribution in [0.3, 0.4) is 0 Å². The zero-order valence-electron chi connectivity index (χ0n) is 9.69. The Morgan fingerprint density at radius 1 is 1.50 bits per heavy atom. The second-order valence-electron chi connectivity index (χ2n) is 4.03. The van der Waals surface area contributed by atoms with Gasteiger partial charge in [-0.2, -0.15) is 0 Å². The van der Waals surface area contributed by atoms with Crippen molar-refractivity contribution < 1.29 is 9.59 Å². The van der Waals surface area contributed by atoms with E-state index in [9.17, 15) is 9.59 Å². The molecule has 5 nitrogen and oxygen atoms in total. The molecule has 1 aromatic rings. The Morgan fingerprint density at radius 2 is 2.22 bits per heavy atom. The second kappa shape index (κ2) is 5.24. The monoisotopic (exact) mass is 331 g/mol. The molecule has 7 heteroatoms. The van der Waals surface area contributed by atoms with Gasteiger partial charge in [0.1, 0.15) is 11.7 Å². The zero-order valence-corrected chi connectivity index (χ0v) is 12.0. The van der Waals surface area contributed by atoms with Crippen LogP contribution in [0.25, 0.3) is 0 Å². The Morgan fingerprint density at radius 3 is 2.89 bits per heavy atom. The molecule has 0 radical (unpaired) electrons. The number of piperazine rings is 1. The average Bonchev–Trinajstić information content (AvgIpc) is 2.35. The van der Waals surface area contributed by atoms with Crippen LogP contribution >= 0.6 is 27.5 Å². The third-order valence-electron chi connectivity index (χ3n) is 2.78. The molecule has 2 rings (SSSR count). The molecule has 0 bridgehead atoms. The van der Waals surface area contributed by atoms with Crippen molar-refractivity contribution in [3.63, 3.8) is 0 Å². The molecule has 2 amide bonds. The van der Waals surface area contributed by atoms with Gasteiger partial charge in [-0.05, 0) is 22.0 Å². The van der Waals surface area contributed by atoms with Crippen LogP contribution in [0, 0.1) is 0 Å². The summed E-state index contributed by atoms with van der Waals surface area (Å²) < 4.78 is 0.677. The third kappa shape index (κ3) is 2.64. The number of carbonyl (C=O) groups excluding carboxylic acids is 2. The minimum absolute atomic E-state index is 0.0753. The van der Waals surface area contributed by atoms with Gasteiger partial charge in [-0.3, -0.25) is 9.59 Å². The van der Waals surface area contributed by atoms with Gasteiger partial charge in [0.25, 0.3) is 5.91 Å². The number of halogens is 2. The number of hydrogen-bond donors (Lipinski definition) is 0. The zero-order chi connectivity index (χ0) is 13.3. The molecule has 1 aliphatic heterocycles. The van der Waals surface area contributed by atoms with E-state index in [0.29, 0.717) is 23.1 Å². The first-order chi connectivity index (χ1) is 8.49. The minimum Gasteiger partial charge on any atom is -0.342 e. The molecule has 0 aliphatic carbocycles. The minimum atomic E-state index is -0.268. The molecule has 1 saturated heterocycles. The molecule has 2 heterocycles. The van der Waals surface area contributed by atoms with Crippen molar-refractivity contribution in [3.8, 4) is 0 Å². The molecule has 1 aromatic heterocycles. The molecule has 96 valence electrons. The maximum absolute atomic E-state index is 12.2. The van der Waals surface area contributed by atoms with Crippen LogP contribution < -0.4 is 0 Å². The summed E-state index contributed by atoms with van der Waals surface area (Å²) in [6.07, 6.45) is 1.52. The van der Waals surface area contributed by atoms with Crippen LogP contribution in [0.4, 0.5) is 0 Å². The molecular formula is C11H11BrClN3O2. The highest BCUT2D eigenvalue weighted by Gasteiger charge is 2.27. The first-order valence-electron chi connectivity index (χ1n) is 5.33. The molecule has 1 aliphatic rings. The predicted octanol–water partition coefficient (Wildman–Crippen LogP) is 1.41. The van der Waals surface area contributed by atoms with Gasteiger partial charge in [-0.15, -0.1) is 0 Å².